The number of nitrogens with zero attached hydrogens (tertiary/aromatic N) is 1. The highest BCUT2D eigenvalue weighted by atomic mass is 19.4. The molecule has 4 nitrogen and oxygen atoms in total. The Hall–Kier alpha value is -1.15. The average Bonchev–Trinajstić information content (AvgIpc) is 2.66. The fraction of sp³-hybridized carbons (Fsp3) is 0.750. The third-order valence-electron chi connectivity index (χ3n) is 6.15. The van der Waals surface area contributed by atoms with Crippen LogP contribution in [0.3, 0.4) is 0 Å². The third-order valence-corrected chi connectivity index (χ3v) is 6.15. The molecule has 0 saturated carbocycles. The normalized spacial score (nSPS) is 21.2. The molecule has 31 heavy (non-hydrogen) atoms. The molecule has 1 heterocycles. The summed E-state index contributed by atoms with van der Waals surface area (Å²) < 4.78 is 42.0. The van der Waals surface area contributed by atoms with E-state index in [9.17, 15) is 18.3 Å². The van der Waals surface area contributed by atoms with E-state index in [2.05, 4.69) is 36.2 Å². The van der Waals surface area contributed by atoms with E-state index in [0.29, 0.717) is 26.1 Å². The summed E-state index contributed by atoms with van der Waals surface area (Å²) >= 11 is 0. The first kappa shape index (κ1) is 27.9. The first-order chi connectivity index (χ1) is 14.5. The van der Waals surface area contributed by atoms with E-state index in [0.717, 1.165) is 6.42 Å². The zero-order valence-corrected chi connectivity index (χ0v) is 19.9. The number of rotatable bonds is 13. The Morgan fingerprint density at radius 2 is 1.87 bits per heavy atom. The van der Waals surface area contributed by atoms with Gasteiger partial charge in [0.1, 0.15) is 6.61 Å². The van der Waals surface area contributed by atoms with Crippen LogP contribution in [0.4, 0.5) is 13.2 Å². The highest BCUT2D eigenvalue weighted by molar-refractivity contribution is 5.26. The standard InChI is InChI=1S/C24H41F3N2O2/c1-7-9-21(12-13-31-17-24(25,26)27)22(14-28-5)19(4)20(8-2)11-10-18(3)23(30)15-29(6)16-23/h7,9-11,18,20-21,28,30H,8,12-17H2,1-6H3/b9-7-,11-10-,22-19+. The largest absolute Gasteiger partial charge is 0.411 e. The molecular formula is C24H41F3N2O2. The summed E-state index contributed by atoms with van der Waals surface area (Å²) in [5.41, 5.74) is 1.73. The molecule has 180 valence electrons. The van der Waals surface area contributed by atoms with Crippen molar-refractivity contribution in [2.75, 3.05) is 46.9 Å². The molecule has 1 aliphatic heterocycles. The zero-order valence-electron chi connectivity index (χ0n) is 19.9. The van der Waals surface area contributed by atoms with Crippen LogP contribution in [0.2, 0.25) is 0 Å². The highest BCUT2D eigenvalue weighted by Gasteiger charge is 2.42. The molecule has 1 fully saturated rings. The number of β-amino-alcohol motifs (C(OH)–C–C–N with tert-alkyl or cyclic N) is 1. The van der Waals surface area contributed by atoms with Gasteiger partial charge in [0, 0.05) is 38.1 Å². The lowest BCUT2D eigenvalue weighted by atomic mass is 9.80. The van der Waals surface area contributed by atoms with Gasteiger partial charge in [0.15, 0.2) is 0 Å². The second-order valence-electron chi connectivity index (χ2n) is 8.79. The summed E-state index contributed by atoms with van der Waals surface area (Å²) in [6, 6.07) is 0. The van der Waals surface area contributed by atoms with Gasteiger partial charge in [-0.15, -0.1) is 0 Å². The number of alkyl halides is 3. The summed E-state index contributed by atoms with van der Waals surface area (Å²) in [6.07, 6.45) is 5.38. The fourth-order valence-electron chi connectivity index (χ4n) is 4.25. The number of likely N-dealkylation sites (tertiary alicyclic amines) is 1. The van der Waals surface area contributed by atoms with Crippen molar-refractivity contribution in [3.8, 4) is 0 Å². The van der Waals surface area contributed by atoms with E-state index in [1.807, 2.05) is 40.1 Å². The van der Waals surface area contributed by atoms with Crippen molar-refractivity contribution < 1.29 is 23.0 Å². The van der Waals surface area contributed by atoms with Gasteiger partial charge in [-0.1, -0.05) is 43.7 Å². The van der Waals surface area contributed by atoms with Gasteiger partial charge >= 0.3 is 6.18 Å². The molecule has 0 amide bonds. The number of aliphatic hydroxyl groups is 1. The maximum atomic E-state index is 12.4. The summed E-state index contributed by atoms with van der Waals surface area (Å²) in [7, 11) is 3.87. The van der Waals surface area contributed by atoms with Gasteiger partial charge in [0.05, 0.1) is 5.60 Å². The molecule has 3 atom stereocenters. The Morgan fingerprint density at radius 1 is 1.23 bits per heavy atom. The van der Waals surface area contributed by atoms with Crippen LogP contribution in [0.5, 0.6) is 0 Å². The molecule has 2 N–H and O–H groups in total. The first-order valence-electron chi connectivity index (χ1n) is 11.2. The number of hydrogen-bond donors (Lipinski definition) is 2. The Kier molecular flexibility index (Phi) is 11.5. The monoisotopic (exact) mass is 446 g/mol. The van der Waals surface area contributed by atoms with Gasteiger partial charge in [0.2, 0.25) is 0 Å². The van der Waals surface area contributed by atoms with Crippen molar-refractivity contribution in [1.82, 2.24) is 10.2 Å². The molecule has 0 radical (unpaired) electrons. The minimum absolute atomic E-state index is 0.00928. The molecule has 1 aliphatic rings. The number of hydrogen-bond acceptors (Lipinski definition) is 4. The van der Waals surface area contributed by atoms with Gasteiger partial charge in [-0.3, -0.25) is 0 Å². The molecule has 0 aromatic carbocycles. The minimum Gasteiger partial charge on any atom is -0.387 e. The van der Waals surface area contributed by atoms with Crippen LogP contribution in [-0.4, -0.2) is 68.7 Å². The van der Waals surface area contributed by atoms with Crippen LogP contribution in [0, 0.1) is 17.8 Å². The SMILES string of the molecule is C/C=C\C(CCOCC(F)(F)F)/C(CNC)=C(\C)C(/C=C\C(C)C1(O)CN(C)C1)CC. The quantitative estimate of drug-likeness (QED) is 0.321. The van der Waals surface area contributed by atoms with Crippen LogP contribution in [0.1, 0.15) is 40.5 Å². The number of allylic oxidation sites excluding steroid dienone is 4. The zero-order chi connectivity index (χ0) is 23.7. The number of nitrogens with one attached hydrogen (secondary N) is 1. The minimum atomic E-state index is -4.30. The van der Waals surface area contributed by atoms with Gasteiger partial charge in [0.25, 0.3) is 0 Å². The Bertz CT molecular complexity index is 623. The maximum Gasteiger partial charge on any atom is 0.411 e. The van der Waals surface area contributed by atoms with Gasteiger partial charge < -0.3 is 20.1 Å². The number of halogens is 3. The Morgan fingerprint density at radius 3 is 2.35 bits per heavy atom. The molecule has 0 bridgehead atoms. The lowest BCUT2D eigenvalue weighted by molar-refractivity contribution is -0.174. The van der Waals surface area contributed by atoms with Crippen LogP contribution in [0.25, 0.3) is 0 Å². The Labute approximate surface area is 186 Å². The molecule has 0 aliphatic carbocycles. The van der Waals surface area contributed by atoms with Gasteiger partial charge in [-0.05, 0) is 52.3 Å². The highest BCUT2D eigenvalue weighted by Crippen LogP contribution is 2.31. The smallest absolute Gasteiger partial charge is 0.387 e. The molecule has 1 saturated heterocycles. The predicted octanol–water partition coefficient (Wildman–Crippen LogP) is 4.58. The van der Waals surface area contributed by atoms with E-state index in [4.69, 9.17) is 4.74 Å². The van der Waals surface area contributed by atoms with Crippen molar-refractivity contribution in [3.63, 3.8) is 0 Å². The predicted molar refractivity (Wildman–Crippen MR) is 121 cm³/mol. The molecular weight excluding hydrogens is 405 g/mol. The van der Waals surface area contributed by atoms with Crippen molar-refractivity contribution in [3.05, 3.63) is 35.5 Å². The van der Waals surface area contributed by atoms with E-state index in [1.165, 1.54) is 11.1 Å². The number of ether oxygens (including phenoxy) is 1. The first-order valence-corrected chi connectivity index (χ1v) is 11.2. The van der Waals surface area contributed by atoms with E-state index >= 15 is 0 Å². The Balaban J connectivity index is 2.97. The van der Waals surface area contributed by atoms with E-state index < -0.39 is 18.4 Å². The topological polar surface area (TPSA) is 44.7 Å². The molecule has 0 spiro atoms. The van der Waals surface area contributed by atoms with Crippen molar-refractivity contribution >= 4 is 0 Å². The van der Waals surface area contributed by atoms with E-state index in [1.54, 1.807) is 0 Å². The number of likely N-dealkylation sites (N-methyl/N-ethyl adjacent to an activating group) is 2. The lowest BCUT2D eigenvalue weighted by Crippen LogP contribution is -2.63. The fourth-order valence-corrected chi connectivity index (χ4v) is 4.25. The van der Waals surface area contributed by atoms with Crippen LogP contribution in [0.15, 0.2) is 35.5 Å². The lowest BCUT2D eigenvalue weighted by Gasteiger charge is -2.47. The average molecular weight is 447 g/mol. The second kappa shape index (κ2) is 12.8. The summed E-state index contributed by atoms with van der Waals surface area (Å²) in [5, 5.41) is 13.9. The van der Waals surface area contributed by atoms with E-state index in [-0.39, 0.29) is 24.4 Å². The van der Waals surface area contributed by atoms with Crippen molar-refractivity contribution in [2.45, 2.75) is 52.3 Å². The molecule has 3 unspecified atom stereocenters. The molecule has 7 heteroatoms. The third kappa shape index (κ3) is 9.08. The van der Waals surface area contributed by atoms with Gasteiger partial charge in [-0.2, -0.15) is 13.2 Å². The summed E-state index contributed by atoms with van der Waals surface area (Å²) in [6.45, 7) is 9.06. The summed E-state index contributed by atoms with van der Waals surface area (Å²) in [4.78, 5) is 2.10. The van der Waals surface area contributed by atoms with Gasteiger partial charge in [-0.25, -0.2) is 0 Å². The molecule has 1 rings (SSSR count). The van der Waals surface area contributed by atoms with Crippen LogP contribution in [-0.2, 0) is 4.74 Å². The maximum absolute atomic E-state index is 12.4. The van der Waals surface area contributed by atoms with Crippen molar-refractivity contribution in [1.29, 1.82) is 0 Å². The molecule has 0 aromatic heterocycles. The van der Waals surface area contributed by atoms with Crippen LogP contribution < -0.4 is 5.32 Å². The summed E-state index contributed by atoms with van der Waals surface area (Å²) in [5.74, 6) is 0.270. The second-order valence-corrected chi connectivity index (χ2v) is 8.79. The van der Waals surface area contributed by atoms with Crippen LogP contribution >= 0.6 is 0 Å². The van der Waals surface area contributed by atoms with Crippen molar-refractivity contribution in [2.24, 2.45) is 17.8 Å². The molecule has 0 aromatic rings.